The summed E-state index contributed by atoms with van der Waals surface area (Å²) in [5, 5.41) is 10.8. The molecule has 0 spiro atoms. The van der Waals surface area contributed by atoms with Crippen LogP contribution in [0.1, 0.15) is 31.8 Å². The van der Waals surface area contributed by atoms with E-state index in [2.05, 4.69) is 0 Å². The highest BCUT2D eigenvalue weighted by Crippen LogP contribution is 2.38. The number of rotatable bonds is 6. The number of ketones is 1. The van der Waals surface area contributed by atoms with E-state index in [1.165, 1.54) is 56.7 Å². The van der Waals surface area contributed by atoms with Crippen LogP contribution < -0.4 is 18.9 Å². The van der Waals surface area contributed by atoms with Gasteiger partial charge in [-0.2, -0.15) is 0 Å². The molecule has 3 aromatic carbocycles. The third-order valence-electron chi connectivity index (χ3n) is 5.18. The lowest BCUT2D eigenvalue weighted by molar-refractivity contribution is -0.384. The maximum atomic E-state index is 12.8. The number of carbonyl (C=O) groups is 2. The molecule has 0 amide bonds. The Balaban J connectivity index is 1.57. The first-order chi connectivity index (χ1) is 16.3. The number of fused-ring (bicyclic) bond motifs is 1. The molecule has 9 heteroatoms. The van der Waals surface area contributed by atoms with Crippen LogP contribution in [0.3, 0.4) is 0 Å². The van der Waals surface area contributed by atoms with Gasteiger partial charge in [-0.25, -0.2) is 4.79 Å². The summed E-state index contributed by atoms with van der Waals surface area (Å²) in [7, 11) is 2.96. The molecule has 1 aliphatic heterocycles. The van der Waals surface area contributed by atoms with E-state index in [0.717, 1.165) is 0 Å². The van der Waals surface area contributed by atoms with Crippen molar-refractivity contribution >= 4 is 23.5 Å². The largest absolute Gasteiger partial charge is 0.493 e. The number of hydrogen-bond acceptors (Lipinski definition) is 8. The number of aryl methyl sites for hydroxylation is 1. The lowest BCUT2D eigenvalue weighted by Gasteiger charge is -2.10. The quantitative estimate of drug-likeness (QED) is 0.170. The molecule has 172 valence electrons. The van der Waals surface area contributed by atoms with E-state index < -0.39 is 10.9 Å². The predicted molar refractivity (Wildman–Crippen MR) is 122 cm³/mol. The van der Waals surface area contributed by atoms with E-state index in [1.54, 1.807) is 25.1 Å². The second-order valence-electron chi connectivity index (χ2n) is 7.36. The average molecular weight is 461 g/mol. The highest BCUT2D eigenvalue weighted by molar-refractivity contribution is 6.15. The first-order valence-corrected chi connectivity index (χ1v) is 10.1. The Labute approximate surface area is 194 Å². The van der Waals surface area contributed by atoms with Crippen molar-refractivity contribution in [3.8, 4) is 23.0 Å². The zero-order valence-electron chi connectivity index (χ0n) is 18.5. The fourth-order valence-electron chi connectivity index (χ4n) is 3.51. The summed E-state index contributed by atoms with van der Waals surface area (Å²) in [5.41, 5.74) is 1.70. The van der Waals surface area contributed by atoms with Crippen molar-refractivity contribution in [2.24, 2.45) is 0 Å². The number of Topliss-reactive ketones (excluding diaryl/α,β-unsaturated/α-hetero) is 1. The van der Waals surface area contributed by atoms with E-state index in [9.17, 15) is 19.7 Å². The second kappa shape index (κ2) is 9.07. The van der Waals surface area contributed by atoms with Crippen LogP contribution in [0.25, 0.3) is 6.08 Å². The molecule has 0 unspecified atom stereocenters. The average Bonchev–Trinajstić information content (AvgIpc) is 3.14. The third kappa shape index (κ3) is 4.31. The van der Waals surface area contributed by atoms with Gasteiger partial charge in [0.2, 0.25) is 5.78 Å². The second-order valence-corrected chi connectivity index (χ2v) is 7.36. The lowest BCUT2D eigenvalue weighted by Crippen LogP contribution is -2.09. The number of methoxy groups -OCH3 is 2. The van der Waals surface area contributed by atoms with E-state index in [4.69, 9.17) is 18.9 Å². The van der Waals surface area contributed by atoms with Crippen molar-refractivity contribution in [1.82, 2.24) is 0 Å². The van der Waals surface area contributed by atoms with Crippen LogP contribution in [0.4, 0.5) is 5.69 Å². The minimum absolute atomic E-state index is 0.0547. The molecule has 34 heavy (non-hydrogen) atoms. The van der Waals surface area contributed by atoms with Crippen LogP contribution in [-0.2, 0) is 0 Å². The van der Waals surface area contributed by atoms with Gasteiger partial charge in [0.25, 0.3) is 5.69 Å². The van der Waals surface area contributed by atoms with Crippen molar-refractivity contribution in [2.45, 2.75) is 6.92 Å². The molecule has 0 N–H and O–H groups in total. The maximum Gasteiger partial charge on any atom is 0.343 e. The van der Waals surface area contributed by atoms with Gasteiger partial charge in [-0.3, -0.25) is 14.9 Å². The molecule has 0 aliphatic carbocycles. The van der Waals surface area contributed by atoms with Crippen LogP contribution >= 0.6 is 0 Å². The third-order valence-corrected chi connectivity index (χ3v) is 5.18. The summed E-state index contributed by atoms with van der Waals surface area (Å²) >= 11 is 0. The number of nitrogens with zero attached hydrogens (tertiary/aromatic N) is 1. The van der Waals surface area contributed by atoms with Crippen molar-refractivity contribution in [2.75, 3.05) is 14.2 Å². The molecule has 0 fully saturated rings. The van der Waals surface area contributed by atoms with E-state index in [-0.39, 0.29) is 34.3 Å². The van der Waals surface area contributed by atoms with E-state index in [0.29, 0.717) is 28.2 Å². The molecular weight excluding hydrogens is 442 g/mol. The fraction of sp³-hybridized carbons (Fsp3) is 0.120. The summed E-state index contributed by atoms with van der Waals surface area (Å²) in [6.45, 7) is 1.71. The number of hydrogen-bond donors (Lipinski definition) is 0. The molecule has 0 saturated carbocycles. The van der Waals surface area contributed by atoms with Gasteiger partial charge in [0.05, 0.1) is 30.3 Å². The number of allylic oxidation sites excluding steroid dienone is 1. The minimum Gasteiger partial charge on any atom is -0.493 e. The number of benzene rings is 3. The lowest BCUT2D eigenvalue weighted by atomic mass is 10.0. The molecule has 9 nitrogen and oxygen atoms in total. The molecule has 0 bridgehead atoms. The number of esters is 1. The van der Waals surface area contributed by atoms with Gasteiger partial charge < -0.3 is 18.9 Å². The van der Waals surface area contributed by atoms with Gasteiger partial charge in [-0.1, -0.05) is 0 Å². The van der Waals surface area contributed by atoms with Crippen LogP contribution in [0.15, 0.2) is 60.4 Å². The Hall–Kier alpha value is -4.66. The Morgan fingerprint density at radius 1 is 1.00 bits per heavy atom. The number of carbonyl (C=O) groups excluding carboxylic acids is 2. The van der Waals surface area contributed by atoms with Gasteiger partial charge in [0.15, 0.2) is 17.3 Å². The molecule has 3 aromatic rings. The van der Waals surface area contributed by atoms with Crippen molar-refractivity contribution < 1.29 is 33.5 Å². The highest BCUT2D eigenvalue weighted by Gasteiger charge is 2.30. The van der Waals surface area contributed by atoms with Crippen LogP contribution in [-0.4, -0.2) is 30.9 Å². The molecule has 0 atom stereocenters. The molecular formula is C25H19NO8. The Bertz CT molecular complexity index is 1340. The SMILES string of the molecule is COc1ccc(C(=O)Oc2cc(C)c3c(c2)O/C(=C\c2ccc([N+](=O)[O-])cc2)C3=O)cc1OC. The zero-order chi connectivity index (χ0) is 24.4. The molecule has 1 heterocycles. The smallest absolute Gasteiger partial charge is 0.343 e. The number of non-ortho nitro benzene ring substituents is 1. The standard InChI is InChI=1S/C25H19NO8/c1-14-10-18(33-25(28)16-6-9-19(31-2)20(12-16)32-3)13-21-23(14)24(27)22(34-21)11-15-4-7-17(8-5-15)26(29)30/h4-13H,1-3H3/b22-11-. The van der Waals surface area contributed by atoms with Crippen LogP contribution in [0.2, 0.25) is 0 Å². The molecule has 0 saturated heterocycles. The van der Waals surface area contributed by atoms with Crippen molar-refractivity contribution in [1.29, 1.82) is 0 Å². The van der Waals surface area contributed by atoms with Gasteiger partial charge in [0.1, 0.15) is 11.5 Å². The molecule has 4 rings (SSSR count). The van der Waals surface area contributed by atoms with Crippen molar-refractivity contribution in [3.63, 3.8) is 0 Å². The van der Waals surface area contributed by atoms with Gasteiger partial charge in [-0.05, 0) is 60.5 Å². The first-order valence-electron chi connectivity index (χ1n) is 10.1. The maximum absolute atomic E-state index is 12.8. The molecule has 0 radical (unpaired) electrons. The summed E-state index contributed by atoms with van der Waals surface area (Å²) in [5.74, 6) is 0.447. The summed E-state index contributed by atoms with van der Waals surface area (Å²) < 4.78 is 21.6. The Kier molecular flexibility index (Phi) is 6.01. The number of nitro benzene ring substituents is 1. The monoisotopic (exact) mass is 461 g/mol. The van der Waals surface area contributed by atoms with Crippen molar-refractivity contribution in [3.05, 3.63) is 92.7 Å². The van der Waals surface area contributed by atoms with Crippen LogP contribution in [0, 0.1) is 17.0 Å². The summed E-state index contributed by atoms with van der Waals surface area (Å²) in [6, 6.07) is 13.4. The van der Waals surface area contributed by atoms with E-state index >= 15 is 0 Å². The summed E-state index contributed by atoms with van der Waals surface area (Å²) in [6.07, 6.45) is 1.50. The minimum atomic E-state index is -0.619. The van der Waals surface area contributed by atoms with Gasteiger partial charge in [-0.15, -0.1) is 0 Å². The Morgan fingerprint density at radius 2 is 1.71 bits per heavy atom. The topological polar surface area (TPSA) is 114 Å². The molecule has 1 aliphatic rings. The first kappa shape index (κ1) is 22.5. The molecule has 0 aromatic heterocycles. The number of nitro groups is 1. The van der Waals surface area contributed by atoms with Crippen LogP contribution in [0.5, 0.6) is 23.0 Å². The zero-order valence-corrected chi connectivity index (χ0v) is 18.5. The van der Waals surface area contributed by atoms with Gasteiger partial charge >= 0.3 is 5.97 Å². The Morgan fingerprint density at radius 3 is 2.35 bits per heavy atom. The fourth-order valence-corrected chi connectivity index (χ4v) is 3.51. The highest BCUT2D eigenvalue weighted by atomic mass is 16.6. The summed E-state index contributed by atoms with van der Waals surface area (Å²) in [4.78, 5) is 35.8. The van der Waals surface area contributed by atoms with Gasteiger partial charge in [0, 0.05) is 18.2 Å². The number of ether oxygens (including phenoxy) is 4. The van der Waals surface area contributed by atoms with E-state index in [1.807, 2.05) is 0 Å². The predicted octanol–water partition coefficient (Wildman–Crippen LogP) is 4.76. The normalized spacial score (nSPS) is 13.3.